The van der Waals surface area contributed by atoms with E-state index in [-0.39, 0.29) is 0 Å². The van der Waals surface area contributed by atoms with Gasteiger partial charge in [0.2, 0.25) is 0 Å². The van der Waals surface area contributed by atoms with E-state index in [0.29, 0.717) is 6.04 Å². The number of rotatable bonds is 3. The highest BCUT2D eigenvalue weighted by Gasteiger charge is 2.23. The number of methoxy groups -OCH3 is 1. The third-order valence-corrected chi connectivity index (χ3v) is 3.93. The van der Waals surface area contributed by atoms with Gasteiger partial charge in [0, 0.05) is 36.4 Å². The quantitative estimate of drug-likeness (QED) is 0.836. The molecular weight excluding hydrogens is 224 g/mol. The molecule has 1 aliphatic rings. The van der Waals surface area contributed by atoms with E-state index in [4.69, 9.17) is 10.5 Å². The highest BCUT2D eigenvalue weighted by atomic mass is 16.5. The number of nitrogen functional groups attached to an aromatic ring is 1. The van der Waals surface area contributed by atoms with E-state index in [9.17, 15) is 0 Å². The van der Waals surface area contributed by atoms with Crippen molar-refractivity contribution in [1.82, 2.24) is 4.90 Å². The lowest BCUT2D eigenvalue weighted by molar-refractivity contribution is 0.116. The predicted molar refractivity (Wildman–Crippen MR) is 75.7 cm³/mol. The van der Waals surface area contributed by atoms with Crippen molar-refractivity contribution in [2.45, 2.75) is 39.3 Å². The molecule has 0 aliphatic carbocycles. The minimum Gasteiger partial charge on any atom is -0.496 e. The molecule has 2 rings (SSSR count). The van der Waals surface area contributed by atoms with Crippen LogP contribution in [0.25, 0.3) is 0 Å². The maximum atomic E-state index is 5.79. The molecule has 1 aliphatic heterocycles. The van der Waals surface area contributed by atoms with E-state index in [0.717, 1.165) is 23.9 Å². The molecule has 1 saturated heterocycles. The summed E-state index contributed by atoms with van der Waals surface area (Å²) in [5.74, 6) is 1.70. The van der Waals surface area contributed by atoms with Crippen LogP contribution < -0.4 is 10.5 Å². The number of likely N-dealkylation sites (tertiary alicyclic amines) is 1. The number of anilines is 1. The van der Waals surface area contributed by atoms with Crippen molar-refractivity contribution in [3.63, 3.8) is 0 Å². The summed E-state index contributed by atoms with van der Waals surface area (Å²) in [4.78, 5) is 2.54. The number of piperidine rings is 1. The van der Waals surface area contributed by atoms with Gasteiger partial charge in [-0.1, -0.05) is 13.0 Å². The first-order valence-electron chi connectivity index (χ1n) is 6.76. The van der Waals surface area contributed by atoms with Crippen molar-refractivity contribution >= 4 is 5.69 Å². The standard InChI is InChI=1S/C15H24N2O/c1-11-4-5-12(2)17(9-11)10-13-6-7-14(16)8-15(13)18-3/h6-8,11-12H,4-5,9-10,16H2,1-3H3. The molecule has 3 nitrogen and oxygen atoms in total. The second kappa shape index (κ2) is 5.61. The van der Waals surface area contributed by atoms with Crippen LogP contribution in [0.15, 0.2) is 18.2 Å². The summed E-state index contributed by atoms with van der Waals surface area (Å²) in [7, 11) is 1.71. The molecule has 0 aromatic heterocycles. The highest BCUT2D eigenvalue weighted by Crippen LogP contribution is 2.27. The fraction of sp³-hybridized carbons (Fsp3) is 0.600. The zero-order valence-corrected chi connectivity index (χ0v) is 11.6. The average Bonchev–Trinajstić information content (AvgIpc) is 2.36. The van der Waals surface area contributed by atoms with Crippen molar-refractivity contribution < 1.29 is 4.74 Å². The van der Waals surface area contributed by atoms with Crippen LogP contribution >= 0.6 is 0 Å². The number of hydrogen-bond acceptors (Lipinski definition) is 3. The van der Waals surface area contributed by atoms with Crippen molar-refractivity contribution in [3.8, 4) is 5.75 Å². The van der Waals surface area contributed by atoms with Crippen molar-refractivity contribution in [2.75, 3.05) is 19.4 Å². The molecule has 0 bridgehead atoms. The molecule has 0 saturated carbocycles. The fourth-order valence-electron chi connectivity index (χ4n) is 2.71. The number of ether oxygens (including phenoxy) is 1. The Morgan fingerprint density at radius 1 is 1.33 bits per heavy atom. The Morgan fingerprint density at radius 2 is 2.11 bits per heavy atom. The van der Waals surface area contributed by atoms with Crippen molar-refractivity contribution in [1.29, 1.82) is 0 Å². The number of benzene rings is 1. The Balaban J connectivity index is 2.12. The second-order valence-electron chi connectivity index (χ2n) is 5.53. The molecule has 18 heavy (non-hydrogen) atoms. The Kier molecular flexibility index (Phi) is 4.12. The normalized spacial score (nSPS) is 25.1. The summed E-state index contributed by atoms with van der Waals surface area (Å²) in [6.07, 6.45) is 2.63. The van der Waals surface area contributed by atoms with Gasteiger partial charge in [0.25, 0.3) is 0 Å². The maximum Gasteiger partial charge on any atom is 0.125 e. The first kappa shape index (κ1) is 13.2. The van der Waals surface area contributed by atoms with E-state index in [1.54, 1.807) is 7.11 Å². The van der Waals surface area contributed by atoms with Gasteiger partial charge < -0.3 is 10.5 Å². The Bertz CT molecular complexity index is 405. The van der Waals surface area contributed by atoms with Gasteiger partial charge in [0.15, 0.2) is 0 Å². The van der Waals surface area contributed by atoms with E-state index < -0.39 is 0 Å². The Morgan fingerprint density at radius 3 is 2.83 bits per heavy atom. The van der Waals surface area contributed by atoms with E-state index in [1.807, 2.05) is 12.1 Å². The molecular formula is C15H24N2O. The SMILES string of the molecule is COc1cc(N)ccc1CN1CC(C)CCC1C. The molecule has 1 heterocycles. The van der Waals surface area contributed by atoms with Crippen LogP contribution in [-0.2, 0) is 6.54 Å². The van der Waals surface area contributed by atoms with Gasteiger partial charge >= 0.3 is 0 Å². The topological polar surface area (TPSA) is 38.5 Å². The van der Waals surface area contributed by atoms with Crippen LogP contribution in [0.4, 0.5) is 5.69 Å². The average molecular weight is 248 g/mol. The Hall–Kier alpha value is -1.22. The third kappa shape index (κ3) is 2.96. The minimum absolute atomic E-state index is 0.656. The van der Waals surface area contributed by atoms with E-state index in [2.05, 4.69) is 24.8 Å². The van der Waals surface area contributed by atoms with Crippen LogP contribution in [0.3, 0.4) is 0 Å². The predicted octanol–water partition coefficient (Wildman–Crippen LogP) is 2.90. The van der Waals surface area contributed by atoms with Crippen LogP contribution in [-0.4, -0.2) is 24.6 Å². The smallest absolute Gasteiger partial charge is 0.125 e. The fourth-order valence-corrected chi connectivity index (χ4v) is 2.71. The molecule has 2 N–H and O–H groups in total. The number of nitrogens with zero attached hydrogens (tertiary/aromatic N) is 1. The van der Waals surface area contributed by atoms with Crippen LogP contribution in [0.1, 0.15) is 32.3 Å². The summed E-state index contributed by atoms with van der Waals surface area (Å²) in [5.41, 5.74) is 7.78. The zero-order valence-electron chi connectivity index (χ0n) is 11.6. The van der Waals surface area contributed by atoms with Crippen LogP contribution in [0, 0.1) is 5.92 Å². The van der Waals surface area contributed by atoms with Crippen molar-refractivity contribution in [3.05, 3.63) is 23.8 Å². The summed E-state index contributed by atoms with van der Waals surface area (Å²) < 4.78 is 5.42. The molecule has 1 aromatic rings. The third-order valence-electron chi connectivity index (χ3n) is 3.93. The van der Waals surface area contributed by atoms with Gasteiger partial charge in [-0.05, 0) is 31.7 Å². The van der Waals surface area contributed by atoms with Gasteiger partial charge in [0.05, 0.1) is 7.11 Å². The molecule has 0 amide bonds. The molecule has 2 atom stereocenters. The molecule has 0 radical (unpaired) electrons. The van der Waals surface area contributed by atoms with E-state index in [1.165, 1.54) is 24.9 Å². The van der Waals surface area contributed by atoms with Gasteiger partial charge in [-0.3, -0.25) is 4.90 Å². The molecule has 0 spiro atoms. The minimum atomic E-state index is 0.656. The largest absolute Gasteiger partial charge is 0.496 e. The van der Waals surface area contributed by atoms with Gasteiger partial charge in [0.1, 0.15) is 5.75 Å². The molecule has 100 valence electrons. The monoisotopic (exact) mass is 248 g/mol. The molecule has 1 aromatic carbocycles. The summed E-state index contributed by atoms with van der Waals surface area (Å²) in [5, 5.41) is 0. The van der Waals surface area contributed by atoms with Crippen LogP contribution in [0.2, 0.25) is 0 Å². The summed E-state index contributed by atoms with van der Waals surface area (Å²) >= 11 is 0. The van der Waals surface area contributed by atoms with Gasteiger partial charge in [-0.2, -0.15) is 0 Å². The molecule has 3 heteroatoms. The van der Waals surface area contributed by atoms with Gasteiger partial charge in [-0.25, -0.2) is 0 Å². The van der Waals surface area contributed by atoms with Gasteiger partial charge in [-0.15, -0.1) is 0 Å². The summed E-state index contributed by atoms with van der Waals surface area (Å²) in [6, 6.07) is 6.60. The lowest BCUT2D eigenvalue weighted by atomic mass is 9.94. The lowest BCUT2D eigenvalue weighted by Gasteiger charge is -2.37. The summed E-state index contributed by atoms with van der Waals surface area (Å²) in [6.45, 7) is 6.78. The van der Waals surface area contributed by atoms with Crippen LogP contribution in [0.5, 0.6) is 5.75 Å². The molecule has 1 fully saturated rings. The highest BCUT2D eigenvalue weighted by molar-refractivity contribution is 5.48. The number of hydrogen-bond donors (Lipinski definition) is 1. The van der Waals surface area contributed by atoms with E-state index >= 15 is 0 Å². The maximum absolute atomic E-state index is 5.79. The second-order valence-corrected chi connectivity index (χ2v) is 5.53. The molecule has 2 unspecified atom stereocenters. The number of nitrogens with two attached hydrogens (primary N) is 1. The first-order valence-corrected chi connectivity index (χ1v) is 6.76. The lowest BCUT2D eigenvalue weighted by Crippen LogP contribution is -2.40. The zero-order chi connectivity index (χ0) is 13.1. The Labute approximate surface area is 110 Å². The first-order chi connectivity index (χ1) is 8.60. The van der Waals surface area contributed by atoms with Crippen molar-refractivity contribution in [2.24, 2.45) is 5.92 Å².